The van der Waals surface area contributed by atoms with Crippen LogP contribution in [0.25, 0.3) is 6.08 Å². The fraction of sp³-hybridized carbons (Fsp3) is 0.269. The molecule has 10 heteroatoms. The van der Waals surface area contributed by atoms with Crippen LogP contribution in [0.2, 0.25) is 0 Å². The first-order valence-corrected chi connectivity index (χ1v) is 11.9. The maximum atomic E-state index is 13.0. The fourth-order valence-corrected chi connectivity index (χ4v) is 4.89. The molecule has 2 fully saturated rings. The highest BCUT2D eigenvalue weighted by Gasteiger charge is 2.33. The van der Waals surface area contributed by atoms with E-state index in [2.05, 4.69) is 22.9 Å². The lowest BCUT2D eigenvalue weighted by molar-refractivity contribution is -0.384. The third-order valence-corrected chi connectivity index (χ3v) is 6.76. The maximum absolute atomic E-state index is 13.0. The van der Waals surface area contributed by atoms with Gasteiger partial charge in [-0.2, -0.15) is 0 Å². The molecule has 2 heterocycles. The first-order chi connectivity index (χ1) is 17.3. The molecule has 9 nitrogen and oxygen atoms in total. The summed E-state index contributed by atoms with van der Waals surface area (Å²) < 4.78 is 5.53. The molecule has 0 saturated carbocycles. The Morgan fingerprint density at radius 1 is 1.22 bits per heavy atom. The van der Waals surface area contributed by atoms with Gasteiger partial charge in [-0.3, -0.25) is 29.9 Å². The van der Waals surface area contributed by atoms with Crippen molar-refractivity contribution in [2.45, 2.75) is 18.8 Å². The highest BCUT2D eigenvalue weighted by atomic mass is 32.1. The van der Waals surface area contributed by atoms with E-state index in [1.807, 2.05) is 18.2 Å². The number of methoxy groups -OCH3 is 1. The van der Waals surface area contributed by atoms with Gasteiger partial charge in [-0.05, 0) is 54.7 Å². The predicted octanol–water partition coefficient (Wildman–Crippen LogP) is 3.80. The van der Waals surface area contributed by atoms with Crippen LogP contribution < -0.4 is 15.0 Å². The smallest absolute Gasteiger partial charge is 0.270 e. The van der Waals surface area contributed by atoms with Crippen LogP contribution in [-0.4, -0.2) is 53.5 Å². The van der Waals surface area contributed by atoms with Crippen LogP contribution in [0.1, 0.15) is 29.9 Å². The van der Waals surface area contributed by atoms with Crippen molar-refractivity contribution >= 4 is 46.6 Å². The summed E-state index contributed by atoms with van der Waals surface area (Å²) >= 11 is 5.11. The summed E-state index contributed by atoms with van der Waals surface area (Å²) in [6, 6.07) is 12.5. The molecular weight excluding hydrogens is 480 g/mol. The molecule has 2 amide bonds. The summed E-state index contributed by atoms with van der Waals surface area (Å²) in [6.45, 7) is 5.15. The molecule has 2 aromatic rings. The van der Waals surface area contributed by atoms with Crippen LogP contribution in [0.3, 0.4) is 0 Å². The third-order valence-electron chi connectivity index (χ3n) is 6.43. The molecule has 0 aromatic heterocycles. The zero-order valence-corrected chi connectivity index (χ0v) is 20.6. The normalized spacial score (nSPS) is 17.8. The number of anilines is 1. The minimum absolute atomic E-state index is 0.000252. The molecule has 0 spiro atoms. The van der Waals surface area contributed by atoms with Crippen LogP contribution in [0.15, 0.2) is 60.7 Å². The molecule has 36 heavy (non-hydrogen) atoms. The van der Waals surface area contributed by atoms with Gasteiger partial charge in [-0.15, -0.1) is 6.58 Å². The third kappa shape index (κ3) is 4.99. The van der Waals surface area contributed by atoms with Gasteiger partial charge in [0, 0.05) is 43.0 Å². The van der Waals surface area contributed by atoms with E-state index in [9.17, 15) is 19.7 Å². The molecule has 2 aliphatic rings. The van der Waals surface area contributed by atoms with Gasteiger partial charge in [0.2, 0.25) is 0 Å². The Morgan fingerprint density at radius 3 is 2.61 bits per heavy atom. The lowest BCUT2D eigenvalue weighted by atomic mass is 9.88. The molecular formula is C26H26N4O5S. The number of nitrogens with zero attached hydrogens (tertiary/aromatic N) is 3. The first-order valence-electron chi connectivity index (χ1n) is 11.5. The summed E-state index contributed by atoms with van der Waals surface area (Å²) in [7, 11) is 1.66. The molecule has 2 aromatic carbocycles. The summed E-state index contributed by atoms with van der Waals surface area (Å²) in [5.41, 5.74) is 2.03. The van der Waals surface area contributed by atoms with E-state index < -0.39 is 16.7 Å². The summed E-state index contributed by atoms with van der Waals surface area (Å²) in [4.78, 5) is 40.0. The Kier molecular flexibility index (Phi) is 7.44. The molecule has 0 bridgehead atoms. The van der Waals surface area contributed by atoms with Gasteiger partial charge in [0.05, 0.1) is 12.0 Å². The number of hydrogen-bond acceptors (Lipinski definition) is 7. The summed E-state index contributed by atoms with van der Waals surface area (Å²) in [5, 5.41) is 14.0. The average Bonchev–Trinajstić information content (AvgIpc) is 2.89. The van der Waals surface area contributed by atoms with Crippen molar-refractivity contribution < 1.29 is 19.2 Å². The van der Waals surface area contributed by atoms with E-state index in [1.165, 1.54) is 29.2 Å². The Balaban J connectivity index is 1.65. The number of benzene rings is 2. The van der Waals surface area contributed by atoms with Crippen molar-refractivity contribution in [1.29, 1.82) is 0 Å². The van der Waals surface area contributed by atoms with Crippen LogP contribution in [0.4, 0.5) is 11.4 Å². The van der Waals surface area contributed by atoms with Crippen molar-refractivity contribution in [3.63, 3.8) is 0 Å². The second-order valence-electron chi connectivity index (χ2n) is 8.53. The van der Waals surface area contributed by atoms with E-state index in [4.69, 9.17) is 17.0 Å². The minimum Gasteiger partial charge on any atom is -0.496 e. The topological polar surface area (TPSA) is 105 Å². The van der Waals surface area contributed by atoms with E-state index in [0.717, 1.165) is 29.8 Å². The SMILES string of the molecule is C=CCN1C(=O)C(=Cc2cc([N+](=O)[O-])ccc2N2CCC(c3ccccc3OC)CC2)C(=O)NC1=S. The fourth-order valence-electron chi connectivity index (χ4n) is 4.64. The molecule has 186 valence electrons. The summed E-state index contributed by atoms with van der Waals surface area (Å²) in [5.74, 6) is -0.0365. The van der Waals surface area contributed by atoms with Crippen LogP contribution in [0.5, 0.6) is 5.75 Å². The van der Waals surface area contributed by atoms with Crippen molar-refractivity contribution in [2.24, 2.45) is 0 Å². The van der Waals surface area contributed by atoms with Gasteiger partial charge in [0.1, 0.15) is 11.3 Å². The molecule has 2 saturated heterocycles. The standard InChI is InChI=1S/C26H26N4O5S/c1-3-12-29-25(32)21(24(31)27-26(29)36)16-18-15-19(30(33)34)8-9-22(18)28-13-10-17(11-14-28)20-6-4-5-7-23(20)35-2/h3-9,15-17H,1,10-14H2,2H3,(H,27,31,36). The van der Waals surface area contributed by atoms with Crippen LogP contribution in [0, 0.1) is 10.1 Å². The summed E-state index contributed by atoms with van der Waals surface area (Å²) in [6.07, 6.45) is 4.62. The number of carbonyl (C=O) groups excluding carboxylic acids is 2. The van der Waals surface area contributed by atoms with Crippen molar-refractivity contribution in [2.75, 3.05) is 31.6 Å². The monoisotopic (exact) mass is 506 g/mol. The number of rotatable bonds is 7. The largest absolute Gasteiger partial charge is 0.496 e. The number of para-hydroxylation sites is 1. The molecule has 0 atom stereocenters. The minimum atomic E-state index is -0.641. The molecule has 2 aliphatic heterocycles. The first kappa shape index (κ1) is 25.1. The predicted molar refractivity (Wildman–Crippen MR) is 141 cm³/mol. The Hall–Kier alpha value is -4.05. The molecule has 4 rings (SSSR count). The number of ether oxygens (including phenoxy) is 1. The number of piperidine rings is 1. The van der Waals surface area contributed by atoms with Gasteiger partial charge >= 0.3 is 0 Å². The molecule has 1 N–H and O–H groups in total. The number of non-ortho nitro benzene ring substituents is 1. The number of amides is 2. The van der Waals surface area contributed by atoms with E-state index in [0.29, 0.717) is 24.6 Å². The van der Waals surface area contributed by atoms with Crippen molar-refractivity contribution in [1.82, 2.24) is 10.2 Å². The van der Waals surface area contributed by atoms with Crippen LogP contribution in [-0.2, 0) is 9.59 Å². The lowest BCUT2D eigenvalue weighted by Crippen LogP contribution is -2.53. The Morgan fingerprint density at radius 2 is 1.94 bits per heavy atom. The maximum Gasteiger partial charge on any atom is 0.270 e. The zero-order valence-electron chi connectivity index (χ0n) is 19.8. The van der Waals surface area contributed by atoms with Crippen LogP contribution >= 0.6 is 12.2 Å². The van der Waals surface area contributed by atoms with Gasteiger partial charge in [0.15, 0.2) is 5.11 Å². The number of nitrogens with one attached hydrogen (secondary N) is 1. The van der Waals surface area contributed by atoms with E-state index in [1.54, 1.807) is 13.2 Å². The van der Waals surface area contributed by atoms with Crippen molar-refractivity contribution in [3.8, 4) is 5.75 Å². The Labute approximate surface area is 214 Å². The van der Waals surface area contributed by atoms with Crippen molar-refractivity contribution in [3.05, 3.63) is 81.9 Å². The van der Waals surface area contributed by atoms with Gasteiger partial charge in [-0.25, -0.2) is 0 Å². The number of carbonyl (C=O) groups is 2. The molecule has 0 unspecified atom stereocenters. The Bertz CT molecular complexity index is 1270. The average molecular weight is 507 g/mol. The second-order valence-corrected chi connectivity index (χ2v) is 8.91. The number of nitro groups is 1. The zero-order chi connectivity index (χ0) is 25.8. The molecule has 0 aliphatic carbocycles. The van der Waals surface area contributed by atoms with Gasteiger partial charge in [0.25, 0.3) is 17.5 Å². The second kappa shape index (κ2) is 10.7. The highest BCUT2D eigenvalue weighted by Crippen LogP contribution is 2.37. The molecule has 0 radical (unpaired) electrons. The van der Waals surface area contributed by atoms with E-state index in [-0.39, 0.29) is 22.9 Å². The number of hydrogen-bond donors (Lipinski definition) is 1. The number of thiocarbonyl (C=S) groups is 1. The van der Waals surface area contributed by atoms with E-state index >= 15 is 0 Å². The lowest BCUT2D eigenvalue weighted by Gasteiger charge is -2.35. The van der Waals surface area contributed by atoms with Gasteiger partial charge in [-0.1, -0.05) is 24.3 Å². The van der Waals surface area contributed by atoms with Gasteiger partial charge < -0.3 is 9.64 Å². The number of nitro benzene ring substituents is 1. The highest BCUT2D eigenvalue weighted by molar-refractivity contribution is 7.80. The quantitative estimate of drug-likeness (QED) is 0.152.